The Hall–Kier alpha value is -2.29. The van der Waals surface area contributed by atoms with Crippen LogP contribution in [0.1, 0.15) is 94.0 Å². The number of carbonyl (C=O) groups is 1. The van der Waals surface area contributed by atoms with E-state index in [1.54, 1.807) is 0 Å². The van der Waals surface area contributed by atoms with E-state index >= 15 is 0 Å². The summed E-state index contributed by atoms with van der Waals surface area (Å²) in [4.78, 5) is 13.0. The van der Waals surface area contributed by atoms with E-state index in [4.69, 9.17) is 9.47 Å². The van der Waals surface area contributed by atoms with Gasteiger partial charge in [-0.2, -0.15) is 0 Å². The smallest absolute Gasteiger partial charge is 0.196 e. The number of unbranched alkanes of at least 4 members (excludes halogenated alkanes) is 8. The van der Waals surface area contributed by atoms with Crippen molar-refractivity contribution < 1.29 is 14.3 Å². The van der Waals surface area contributed by atoms with Crippen molar-refractivity contribution >= 4 is 5.78 Å². The van der Waals surface area contributed by atoms with Crippen LogP contribution in [-0.2, 0) is 0 Å². The molecule has 0 aliphatic heterocycles. The molecular formula is C27H38O3. The zero-order chi connectivity index (χ0) is 21.4. The highest BCUT2D eigenvalue weighted by Gasteiger charge is 2.16. The molecule has 0 amide bonds. The lowest BCUT2D eigenvalue weighted by Crippen LogP contribution is -2.07. The van der Waals surface area contributed by atoms with Crippen molar-refractivity contribution in [3.63, 3.8) is 0 Å². The molecule has 2 aromatic carbocycles. The van der Waals surface area contributed by atoms with Gasteiger partial charge in [-0.1, -0.05) is 95.5 Å². The van der Waals surface area contributed by atoms with Gasteiger partial charge in [0, 0.05) is 11.6 Å². The van der Waals surface area contributed by atoms with E-state index in [9.17, 15) is 4.79 Å². The van der Waals surface area contributed by atoms with Gasteiger partial charge in [-0.15, -0.1) is 0 Å². The lowest BCUT2D eigenvalue weighted by Gasteiger charge is -2.14. The van der Waals surface area contributed by atoms with Gasteiger partial charge in [0.1, 0.15) is 11.5 Å². The summed E-state index contributed by atoms with van der Waals surface area (Å²) in [5, 5.41) is 0. The third-order valence-electron chi connectivity index (χ3n) is 5.26. The second kappa shape index (κ2) is 14.7. The van der Waals surface area contributed by atoms with Crippen molar-refractivity contribution in [2.45, 2.75) is 78.1 Å². The molecule has 0 unspecified atom stereocenters. The summed E-state index contributed by atoms with van der Waals surface area (Å²) in [6.45, 7) is 5.76. The van der Waals surface area contributed by atoms with Crippen LogP contribution in [0.4, 0.5) is 0 Å². The van der Waals surface area contributed by atoms with Crippen molar-refractivity contribution in [2.24, 2.45) is 0 Å². The number of ether oxygens (including phenoxy) is 2. The molecule has 0 bridgehead atoms. The highest BCUT2D eigenvalue weighted by atomic mass is 16.5. The molecule has 0 radical (unpaired) electrons. The molecule has 0 heterocycles. The molecule has 0 saturated heterocycles. The summed E-state index contributed by atoms with van der Waals surface area (Å²) in [5.74, 6) is 1.39. The molecule has 164 valence electrons. The van der Waals surface area contributed by atoms with Gasteiger partial charge < -0.3 is 9.47 Å². The van der Waals surface area contributed by atoms with Gasteiger partial charge in [0.2, 0.25) is 0 Å². The first-order valence-corrected chi connectivity index (χ1v) is 11.8. The SMILES string of the molecule is CCCCCCCOc1ccc(C(=O)c2ccccc2)c(OCCCCCCC)c1. The molecule has 2 aromatic rings. The number of rotatable bonds is 16. The van der Waals surface area contributed by atoms with Gasteiger partial charge in [-0.25, -0.2) is 0 Å². The molecule has 0 aliphatic rings. The van der Waals surface area contributed by atoms with Crippen molar-refractivity contribution in [3.8, 4) is 11.5 Å². The summed E-state index contributed by atoms with van der Waals surface area (Å²) in [7, 11) is 0. The van der Waals surface area contributed by atoms with E-state index in [0.717, 1.165) is 25.0 Å². The fourth-order valence-electron chi connectivity index (χ4n) is 3.43. The van der Waals surface area contributed by atoms with Crippen molar-refractivity contribution in [3.05, 3.63) is 59.7 Å². The van der Waals surface area contributed by atoms with Crippen LogP contribution in [0.5, 0.6) is 11.5 Å². The minimum absolute atomic E-state index is 0.0114. The topological polar surface area (TPSA) is 35.5 Å². The van der Waals surface area contributed by atoms with E-state index in [2.05, 4.69) is 13.8 Å². The number of carbonyl (C=O) groups excluding carboxylic acids is 1. The third kappa shape index (κ3) is 8.61. The standard InChI is InChI=1S/C27H38O3/c1-3-5-7-9-14-20-29-24-18-19-25(27(28)23-16-12-11-13-17-23)26(22-24)30-21-15-10-8-6-4-2/h11-13,16-19,22H,3-10,14-15,20-21H2,1-2H3. The summed E-state index contributed by atoms with van der Waals surface area (Å²) in [6.07, 6.45) is 11.9. The Labute approximate surface area is 182 Å². The van der Waals surface area contributed by atoms with Gasteiger partial charge >= 0.3 is 0 Å². The molecule has 3 nitrogen and oxygen atoms in total. The molecule has 2 rings (SSSR count). The summed E-state index contributed by atoms with van der Waals surface area (Å²) >= 11 is 0. The van der Waals surface area contributed by atoms with Gasteiger partial charge in [-0.3, -0.25) is 4.79 Å². The maximum Gasteiger partial charge on any atom is 0.196 e. The van der Waals surface area contributed by atoms with Gasteiger partial charge in [0.25, 0.3) is 0 Å². The maximum atomic E-state index is 13.0. The molecule has 0 saturated carbocycles. The Morgan fingerprint density at radius 3 is 1.93 bits per heavy atom. The second-order valence-corrected chi connectivity index (χ2v) is 7.88. The van der Waals surface area contributed by atoms with E-state index in [1.165, 1.54) is 44.9 Å². The normalized spacial score (nSPS) is 10.7. The number of hydrogen-bond acceptors (Lipinski definition) is 3. The molecular weight excluding hydrogens is 372 g/mol. The minimum Gasteiger partial charge on any atom is -0.493 e. The quantitative estimate of drug-likeness (QED) is 0.211. The largest absolute Gasteiger partial charge is 0.493 e. The first-order valence-electron chi connectivity index (χ1n) is 11.8. The third-order valence-corrected chi connectivity index (χ3v) is 5.26. The zero-order valence-corrected chi connectivity index (χ0v) is 18.8. The van der Waals surface area contributed by atoms with Crippen molar-refractivity contribution in [1.29, 1.82) is 0 Å². The predicted octanol–water partition coefficient (Wildman–Crippen LogP) is 7.62. The van der Waals surface area contributed by atoms with Gasteiger partial charge in [0.05, 0.1) is 18.8 Å². The Bertz CT molecular complexity index is 724. The Morgan fingerprint density at radius 1 is 0.700 bits per heavy atom. The molecule has 0 fully saturated rings. The Kier molecular flexibility index (Phi) is 11.7. The van der Waals surface area contributed by atoms with E-state index < -0.39 is 0 Å². The second-order valence-electron chi connectivity index (χ2n) is 7.88. The van der Waals surface area contributed by atoms with Gasteiger partial charge in [-0.05, 0) is 25.0 Å². The average Bonchev–Trinajstić information content (AvgIpc) is 2.79. The Morgan fingerprint density at radius 2 is 1.30 bits per heavy atom. The molecule has 0 N–H and O–H groups in total. The number of hydrogen-bond donors (Lipinski definition) is 0. The summed E-state index contributed by atoms with van der Waals surface area (Å²) < 4.78 is 12.0. The van der Waals surface area contributed by atoms with Crippen LogP contribution in [0.25, 0.3) is 0 Å². The average molecular weight is 411 g/mol. The minimum atomic E-state index is -0.0114. The fourth-order valence-corrected chi connectivity index (χ4v) is 3.43. The molecule has 0 atom stereocenters. The zero-order valence-electron chi connectivity index (χ0n) is 18.8. The van der Waals surface area contributed by atoms with Crippen LogP contribution in [0.15, 0.2) is 48.5 Å². The number of benzene rings is 2. The van der Waals surface area contributed by atoms with Crippen LogP contribution < -0.4 is 9.47 Å². The molecule has 3 heteroatoms. The van der Waals surface area contributed by atoms with E-state index in [1.807, 2.05) is 48.5 Å². The maximum absolute atomic E-state index is 13.0. The highest BCUT2D eigenvalue weighted by Crippen LogP contribution is 2.28. The van der Waals surface area contributed by atoms with Crippen LogP contribution in [-0.4, -0.2) is 19.0 Å². The van der Waals surface area contributed by atoms with Crippen molar-refractivity contribution in [1.82, 2.24) is 0 Å². The monoisotopic (exact) mass is 410 g/mol. The first-order chi connectivity index (χ1) is 14.8. The molecule has 30 heavy (non-hydrogen) atoms. The lowest BCUT2D eigenvalue weighted by atomic mass is 10.0. The van der Waals surface area contributed by atoms with Gasteiger partial charge in [0.15, 0.2) is 5.78 Å². The lowest BCUT2D eigenvalue weighted by molar-refractivity contribution is 0.103. The Balaban J connectivity index is 2.00. The highest BCUT2D eigenvalue weighted by molar-refractivity contribution is 6.10. The van der Waals surface area contributed by atoms with Crippen LogP contribution in [0.2, 0.25) is 0 Å². The fraction of sp³-hybridized carbons (Fsp3) is 0.519. The summed E-state index contributed by atoms with van der Waals surface area (Å²) in [5.41, 5.74) is 1.28. The van der Waals surface area contributed by atoms with Crippen LogP contribution in [0, 0.1) is 0 Å². The first kappa shape index (κ1) is 24.0. The van der Waals surface area contributed by atoms with Crippen LogP contribution >= 0.6 is 0 Å². The predicted molar refractivity (Wildman–Crippen MR) is 125 cm³/mol. The molecule has 0 spiro atoms. The number of ketones is 1. The van der Waals surface area contributed by atoms with E-state index in [0.29, 0.717) is 30.1 Å². The molecule has 0 aromatic heterocycles. The molecule has 0 aliphatic carbocycles. The van der Waals surface area contributed by atoms with Crippen molar-refractivity contribution in [2.75, 3.05) is 13.2 Å². The summed E-state index contributed by atoms with van der Waals surface area (Å²) in [6, 6.07) is 15.0. The van der Waals surface area contributed by atoms with Crippen LogP contribution in [0.3, 0.4) is 0 Å². The van der Waals surface area contributed by atoms with E-state index in [-0.39, 0.29) is 5.78 Å².